The Morgan fingerprint density at radius 1 is 1.33 bits per heavy atom. The van der Waals surface area contributed by atoms with Crippen molar-refractivity contribution in [1.82, 2.24) is 0 Å². The molecule has 1 N–H and O–H groups in total. The second kappa shape index (κ2) is 3.50. The van der Waals surface area contributed by atoms with Gasteiger partial charge in [0.1, 0.15) is 11.7 Å². The molecule has 15 heavy (non-hydrogen) atoms. The smallest absolute Gasteiger partial charge is 0.235 e. The highest BCUT2D eigenvalue weighted by atomic mass is 16.2. The van der Waals surface area contributed by atoms with Crippen molar-refractivity contribution in [2.45, 2.75) is 19.8 Å². The van der Waals surface area contributed by atoms with Gasteiger partial charge in [0.05, 0.1) is 0 Å². The Morgan fingerprint density at radius 2 is 2.00 bits per heavy atom. The lowest BCUT2D eigenvalue weighted by Gasteiger charge is -2.28. The van der Waals surface area contributed by atoms with Crippen LogP contribution < -0.4 is 5.32 Å². The first-order chi connectivity index (χ1) is 7.11. The molecule has 0 saturated carbocycles. The van der Waals surface area contributed by atoms with E-state index in [0.717, 1.165) is 11.3 Å². The van der Waals surface area contributed by atoms with E-state index in [-0.39, 0.29) is 17.6 Å². The van der Waals surface area contributed by atoms with Crippen molar-refractivity contribution in [3.05, 3.63) is 29.8 Å². The van der Waals surface area contributed by atoms with Gasteiger partial charge in [0.2, 0.25) is 5.91 Å². The van der Waals surface area contributed by atoms with E-state index in [0.29, 0.717) is 0 Å². The number of para-hydroxylation sites is 1. The van der Waals surface area contributed by atoms with Crippen molar-refractivity contribution < 1.29 is 9.59 Å². The topological polar surface area (TPSA) is 46.2 Å². The zero-order valence-electron chi connectivity index (χ0n) is 8.78. The maximum absolute atomic E-state index is 11.7. The Balaban J connectivity index is 2.47. The Labute approximate surface area is 88.5 Å². The highest BCUT2D eigenvalue weighted by Crippen LogP contribution is 2.35. The van der Waals surface area contributed by atoms with Gasteiger partial charge in [-0.1, -0.05) is 25.1 Å². The summed E-state index contributed by atoms with van der Waals surface area (Å²) in [6.07, 6.45) is 0. The van der Waals surface area contributed by atoms with Crippen LogP contribution in [0.15, 0.2) is 24.3 Å². The lowest BCUT2D eigenvalue weighted by Crippen LogP contribution is -2.36. The van der Waals surface area contributed by atoms with Crippen LogP contribution in [0, 0.1) is 5.92 Å². The van der Waals surface area contributed by atoms with Gasteiger partial charge in [0.25, 0.3) is 0 Å². The molecule has 2 atom stereocenters. The number of amides is 1. The van der Waals surface area contributed by atoms with E-state index in [4.69, 9.17) is 0 Å². The fourth-order valence-corrected chi connectivity index (χ4v) is 2.16. The number of carbonyl (C=O) groups excluding carboxylic acids is 2. The molecule has 1 aromatic carbocycles. The highest BCUT2D eigenvalue weighted by Gasteiger charge is 2.35. The number of hydrogen-bond acceptors (Lipinski definition) is 2. The van der Waals surface area contributed by atoms with Gasteiger partial charge in [-0.15, -0.1) is 0 Å². The van der Waals surface area contributed by atoms with Crippen LogP contribution in [0.1, 0.15) is 25.3 Å². The number of ketones is 1. The third kappa shape index (κ3) is 1.54. The zero-order chi connectivity index (χ0) is 11.0. The molecule has 0 saturated heterocycles. The zero-order valence-corrected chi connectivity index (χ0v) is 8.78. The number of carbonyl (C=O) groups is 2. The number of Topliss-reactive ketones (excluding diaryl/α,β-unsaturated/α-hetero) is 1. The molecule has 0 aromatic heterocycles. The summed E-state index contributed by atoms with van der Waals surface area (Å²) in [5, 5.41) is 2.76. The van der Waals surface area contributed by atoms with Crippen LogP contribution in [0.25, 0.3) is 0 Å². The second-order valence-electron chi connectivity index (χ2n) is 3.95. The van der Waals surface area contributed by atoms with Gasteiger partial charge in [-0.05, 0) is 18.6 Å². The van der Waals surface area contributed by atoms with E-state index in [2.05, 4.69) is 5.32 Å². The Morgan fingerprint density at radius 3 is 2.67 bits per heavy atom. The summed E-state index contributed by atoms with van der Waals surface area (Å²) in [5.41, 5.74) is 1.87. The van der Waals surface area contributed by atoms with Gasteiger partial charge in [0.15, 0.2) is 0 Å². The molecule has 0 unspecified atom stereocenters. The minimum Gasteiger partial charge on any atom is -0.325 e. The predicted octanol–water partition coefficient (Wildman–Crippen LogP) is 1.95. The van der Waals surface area contributed by atoms with Crippen molar-refractivity contribution in [3.8, 4) is 0 Å². The van der Waals surface area contributed by atoms with E-state index < -0.39 is 5.92 Å². The molecule has 3 heteroatoms. The Kier molecular flexibility index (Phi) is 2.31. The summed E-state index contributed by atoms with van der Waals surface area (Å²) in [4.78, 5) is 23.0. The summed E-state index contributed by atoms with van der Waals surface area (Å²) >= 11 is 0. The standard InChI is InChI=1S/C12H13NO2/c1-7-9-5-3-4-6-10(9)13-12(15)11(7)8(2)14/h3-7,11H,1-2H3,(H,13,15)/t7-,11-/m0/s1. The van der Waals surface area contributed by atoms with Crippen LogP contribution in [-0.2, 0) is 9.59 Å². The first-order valence-corrected chi connectivity index (χ1v) is 5.01. The molecule has 0 radical (unpaired) electrons. The van der Waals surface area contributed by atoms with Crippen LogP contribution >= 0.6 is 0 Å². The van der Waals surface area contributed by atoms with Crippen LogP contribution in [0.3, 0.4) is 0 Å². The molecule has 0 spiro atoms. The third-order valence-electron chi connectivity index (χ3n) is 2.93. The minimum atomic E-state index is -0.542. The second-order valence-corrected chi connectivity index (χ2v) is 3.95. The molecule has 0 aliphatic carbocycles. The first kappa shape index (κ1) is 9.90. The van der Waals surface area contributed by atoms with Gasteiger partial charge in [-0.2, -0.15) is 0 Å². The maximum atomic E-state index is 11.7. The monoisotopic (exact) mass is 203 g/mol. The minimum absolute atomic E-state index is 0.0348. The van der Waals surface area contributed by atoms with Crippen molar-refractivity contribution in [2.75, 3.05) is 5.32 Å². The fourth-order valence-electron chi connectivity index (χ4n) is 2.16. The van der Waals surface area contributed by atoms with Gasteiger partial charge >= 0.3 is 0 Å². The third-order valence-corrected chi connectivity index (χ3v) is 2.93. The van der Waals surface area contributed by atoms with E-state index in [9.17, 15) is 9.59 Å². The maximum Gasteiger partial charge on any atom is 0.235 e. The van der Waals surface area contributed by atoms with Crippen LogP contribution in [0.5, 0.6) is 0 Å². The summed E-state index contributed by atoms with van der Waals surface area (Å²) in [6, 6.07) is 7.61. The molecular formula is C12H13NO2. The predicted molar refractivity (Wildman–Crippen MR) is 57.7 cm³/mol. The fraction of sp³-hybridized carbons (Fsp3) is 0.333. The quantitative estimate of drug-likeness (QED) is 0.709. The van der Waals surface area contributed by atoms with E-state index in [1.54, 1.807) is 0 Å². The summed E-state index contributed by atoms with van der Waals surface area (Å²) in [6.45, 7) is 3.39. The van der Waals surface area contributed by atoms with Crippen molar-refractivity contribution in [3.63, 3.8) is 0 Å². The van der Waals surface area contributed by atoms with Crippen molar-refractivity contribution in [1.29, 1.82) is 0 Å². The molecular weight excluding hydrogens is 190 g/mol. The number of anilines is 1. The highest BCUT2D eigenvalue weighted by molar-refractivity contribution is 6.09. The summed E-state index contributed by atoms with van der Waals surface area (Å²) in [5.74, 6) is -0.837. The van der Waals surface area contributed by atoms with E-state index >= 15 is 0 Å². The van der Waals surface area contributed by atoms with Crippen LogP contribution in [-0.4, -0.2) is 11.7 Å². The largest absolute Gasteiger partial charge is 0.325 e. The normalized spacial score (nSPS) is 24.3. The van der Waals surface area contributed by atoms with E-state index in [1.807, 2.05) is 31.2 Å². The average molecular weight is 203 g/mol. The van der Waals surface area contributed by atoms with Crippen molar-refractivity contribution >= 4 is 17.4 Å². The summed E-state index contributed by atoms with van der Waals surface area (Å²) in [7, 11) is 0. The van der Waals surface area contributed by atoms with Gasteiger partial charge in [-0.3, -0.25) is 9.59 Å². The molecule has 78 valence electrons. The van der Waals surface area contributed by atoms with Crippen LogP contribution in [0.2, 0.25) is 0 Å². The molecule has 2 rings (SSSR count). The first-order valence-electron chi connectivity index (χ1n) is 5.01. The number of rotatable bonds is 1. The lowest BCUT2D eigenvalue weighted by atomic mass is 9.81. The molecule has 0 bridgehead atoms. The molecule has 1 aliphatic heterocycles. The molecule has 1 heterocycles. The van der Waals surface area contributed by atoms with Crippen LogP contribution in [0.4, 0.5) is 5.69 Å². The number of hydrogen-bond donors (Lipinski definition) is 1. The Hall–Kier alpha value is -1.64. The SMILES string of the molecule is CC(=O)[C@H]1C(=O)Nc2ccccc2[C@@H]1C. The summed E-state index contributed by atoms with van der Waals surface area (Å²) < 4.78 is 0. The lowest BCUT2D eigenvalue weighted by molar-refractivity contribution is -0.130. The van der Waals surface area contributed by atoms with Gasteiger partial charge in [0, 0.05) is 11.6 Å². The van der Waals surface area contributed by atoms with Gasteiger partial charge in [-0.25, -0.2) is 0 Å². The van der Waals surface area contributed by atoms with Crippen molar-refractivity contribution in [2.24, 2.45) is 5.92 Å². The van der Waals surface area contributed by atoms with E-state index in [1.165, 1.54) is 6.92 Å². The molecule has 1 aromatic rings. The number of benzene rings is 1. The molecule has 1 aliphatic rings. The van der Waals surface area contributed by atoms with Gasteiger partial charge < -0.3 is 5.32 Å². The average Bonchev–Trinajstić information content (AvgIpc) is 2.17. The molecule has 3 nitrogen and oxygen atoms in total. The number of fused-ring (bicyclic) bond motifs is 1. The Bertz CT molecular complexity index is 425. The molecule has 0 fully saturated rings. The number of nitrogens with one attached hydrogen (secondary N) is 1. The molecule has 1 amide bonds.